The quantitative estimate of drug-likeness (QED) is 0.801. The van der Waals surface area contributed by atoms with Crippen molar-refractivity contribution < 1.29 is 9.47 Å². The molecular formula is C13H17BrN2O2. The lowest BCUT2D eigenvalue weighted by atomic mass is 10.0. The molecule has 1 aromatic rings. The van der Waals surface area contributed by atoms with Crippen LogP contribution < -0.4 is 4.74 Å². The summed E-state index contributed by atoms with van der Waals surface area (Å²) in [5.41, 5.74) is 0. The zero-order valence-corrected chi connectivity index (χ0v) is 11.8. The predicted octanol–water partition coefficient (Wildman–Crippen LogP) is 2.09. The number of likely N-dealkylation sites (tertiary alicyclic amines) is 1. The normalized spacial score (nSPS) is 22.7. The van der Waals surface area contributed by atoms with Crippen LogP contribution in [0.4, 0.5) is 0 Å². The summed E-state index contributed by atoms with van der Waals surface area (Å²) in [7, 11) is 0. The molecule has 98 valence electrons. The predicted molar refractivity (Wildman–Crippen MR) is 71.8 cm³/mol. The van der Waals surface area contributed by atoms with Crippen molar-refractivity contribution >= 4 is 15.9 Å². The number of hydrogen-bond acceptors (Lipinski definition) is 4. The lowest BCUT2D eigenvalue weighted by molar-refractivity contribution is -0.0778. The Morgan fingerprint density at radius 1 is 1.28 bits per heavy atom. The Kier molecular flexibility index (Phi) is 3.82. The van der Waals surface area contributed by atoms with Gasteiger partial charge in [0.2, 0.25) is 0 Å². The minimum Gasteiger partial charge on any atom is -0.489 e. The van der Waals surface area contributed by atoms with Crippen molar-refractivity contribution in [2.24, 2.45) is 0 Å². The molecule has 2 aliphatic heterocycles. The summed E-state index contributed by atoms with van der Waals surface area (Å²) in [5.74, 6) is 0.864. The van der Waals surface area contributed by atoms with Crippen LogP contribution >= 0.6 is 15.9 Å². The van der Waals surface area contributed by atoms with Gasteiger partial charge in [-0.15, -0.1) is 0 Å². The fraction of sp³-hybridized carbons (Fsp3) is 0.615. The minimum atomic E-state index is 0.324. The molecule has 0 bridgehead atoms. The molecule has 4 nitrogen and oxygen atoms in total. The Morgan fingerprint density at radius 2 is 2.06 bits per heavy atom. The van der Waals surface area contributed by atoms with Gasteiger partial charge in [-0.2, -0.15) is 0 Å². The van der Waals surface area contributed by atoms with E-state index in [1.165, 1.54) is 0 Å². The fourth-order valence-corrected chi connectivity index (χ4v) is 2.65. The highest BCUT2D eigenvalue weighted by Crippen LogP contribution is 2.22. The second-order valence-corrected chi connectivity index (χ2v) is 5.67. The third-order valence-corrected chi connectivity index (χ3v) is 4.09. The number of hydrogen-bond donors (Lipinski definition) is 0. The van der Waals surface area contributed by atoms with E-state index in [4.69, 9.17) is 9.47 Å². The van der Waals surface area contributed by atoms with Gasteiger partial charge in [0.1, 0.15) is 16.5 Å². The van der Waals surface area contributed by atoms with Crippen molar-refractivity contribution in [3.63, 3.8) is 0 Å². The van der Waals surface area contributed by atoms with E-state index in [2.05, 4.69) is 25.8 Å². The van der Waals surface area contributed by atoms with Crippen molar-refractivity contribution in [3.8, 4) is 5.75 Å². The number of piperidine rings is 1. The van der Waals surface area contributed by atoms with Crippen molar-refractivity contribution in [1.82, 2.24) is 9.88 Å². The number of ether oxygens (including phenoxy) is 2. The molecule has 0 atom stereocenters. The van der Waals surface area contributed by atoms with Crippen LogP contribution in [0.3, 0.4) is 0 Å². The first-order valence-electron chi connectivity index (χ1n) is 6.41. The maximum absolute atomic E-state index is 5.95. The maximum atomic E-state index is 5.95. The van der Waals surface area contributed by atoms with Gasteiger partial charge in [-0.3, -0.25) is 4.90 Å². The van der Waals surface area contributed by atoms with E-state index in [0.717, 1.165) is 49.5 Å². The van der Waals surface area contributed by atoms with Crippen molar-refractivity contribution in [3.05, 3.63) is 22.9 Å². The van der Waals surface area contributed by atoms with Gasteiger partial charge in [0.15, 0.2) is 0 Å². The molecule has 3 heterocycles. The molecule has 2 aliphatic rings. The first-order valence-corrected chi connectivity index (χ1v) is 7.20. The molecule has 3 rings (SSSR count). The van der Waals surface area contributed by atoms with Gasteiger partial charge >= 0.3 is 0 Å². The van der Waals surface area contributed by atoms with Gasteiger partial charge in [0.25, 0.3) is 0 Å². The molecule has 2 saturated heterocycles. The van der Waals surface area contributed by atoms with Gasteiger partial charge in [-0.25, -0.2) is 4.98 Å². The van der Waals surface area contributed by atoms with Gasteiger partial charge in [0.05, 0.1) is 25.5 Å². The lowest BCUT2D eigenvalue weighted by Gasteiger charge is -2.41. The summed E-state index contributed by atoms with van der Waals surface area (Å²) in [6, 6.07) is 4.53. The smallest absolute Gasteiger partial charge is 0.138 e. The Labute approximate surface area is 115 Å². The summed E-state index contributed by atoms with van der Waals surface area (Å²) in [5, 5.41) is 0. The largest absolute Gasteiger partial charge is 0.489 e. The molecule has 0 aliphatic carbocycles. The molecule has 2 fully saturated rings. The van der Waals surface area contributed by atoms with E-state index < -0.39 is 0 Å². The van der Waals surface area contributed by atoms with Crippen LogP contribution in [0.25, 0.3) is 0 Å². The Balaban J connectivity index is 1.48. The van der Waals surface area contributed by atoms with Crippen LogP contribution in [-0.4, -0.2) is 48.3 Å². The summed E-state index contributed by atoms with van der Waals surface area (Å²) >= 11 is 3.32. The monoisotopic (exact) mass is 312 g/mol. The summed E-state index contributed by atoms with van der Waals surface area (Å²) in [6.45, 7) is 4.04. The van der Waals surface area contributed by atoms with Crippen LogP contribution in [0.2, 0.25) is 0 Å². The van der Waals surface area contributed by atoms with Crippen molar-refractivity contribution in [2.75, 3.05) is 26.3 Å². The fourth-order valence-electron chi connectivity index (χ4n) is 2.42. The Bertz CT molecular complexity index is 386. The van der Waals surface area contributed by atoms with E-state index >= 15 is 0 Å². The number of rotatable bonds is 3. The van der Waals surface area contributed by atoms with Crippen LogP contribution in [0, 0.1) is 0 Å². The molecular weight excluding hydrogens is 296 g/mol. The first kappa shape index (κ1) is 12.4. The highest BCUT2D eigenvalue weighted by Gasteiger charge is 2.30. The Morgan fingerprint density at radius 3 is 2.61 bits per heavy atom. The van der Waals surface area contributed by atoms with Crippen LogP contribution in [-0.2, 0) is 4.74 Å². The number of pyridine rings is 1. The summed E-state index contributed by atoms with van der Waals surface area (Å²) < 4.78 is 12.0. The molecule has 0 N–H and O–H groups in total. The second-order valence-electron chi connectivity index (χ2n) is 4.86. The van der Waals surface area contributed by atoms with E-state index in [1.54, 1.807) is 6.20 Å². The highest BCUT2D eigenvalue weighted by atomic mass is 79.9. The standard InChI is InChI=1S/C13H17BrN2O2/c14-13-2-1-12(7-15-13)18-11-3-5-16(6-4-11)10-8-17-9-10/h1-2,7,10-11H,3-6,8-9H2. The van der Waals surface area contributed by atoms with E-state index in [-0.39, 0.29) is 0 Å². The van der Waals surface area contributed by atoms with Crippen LogP contribution in [0.5, 0.6) is 5.75 Å². The molecule has 0 aromatic carbocycles. The van der Waals surface area contributed by atoms with Crippen molar-refractivity contribution in [1.29, 1.82) is 0 Å². The molecule has 0 amide bonds. The zero-order valence-electron chi connectivity index (χ0n) is 10.2. The summed E-state index contributed by atoms with van der Waals surface area (Å²) in [6.07, 6.45) is 4.28. The SMILES string of the molecule is Brc1ccc(OC2CCN(C3COC3)CC2)cn1. The molecule has 1 aromatic heterocycles. The number of nitrogens with zero attached hydrogens (tertiary/aromatic N) is 2. The van der Waals surface area contributed by atoms with Crippen LogP contribution in [0.1, 0.15) is 12.8 Å². The molecule has 5 heteroatoms. The second kappa shape index (κ2) is 5.55. The van der Waals surface area contributed by atoms with Gasteiger partial charge in [-0.1, -0.05) is 0 Å². The van der Waals surface area contributed by atoms with E-state index in [0.29, 0.717) is 12.1 Å². The third kappa shape index (κ3) is 2.84. The molecule has 18 heavy (non-hydrogen) atoms. The molecule has 0 spiro atoms. The van der Waals surface area contributed by atoms with E-state index in [9.17, 15) is 0 Å². The average Bonchev–Trinajstić information content (AvgIpc) is 2.32. The maximum Gasteiger partial charge on any atom is 0.138 e. The van der Waals surface area contributed by atoms with Gasteiger partial charge in [0, 0.05) is 13.1 Å². The highest BCUT2D eigenvalue weighted by molar-refractivity contribution is 9.10. The molecule has 0 saturated carbocycles. The Hall–Kier alpha value is -0.650. The number of aromatic nitrogens is 1. The zero-order chi connectivity index (χ0) is 12.4. The van der Waals surface area contributed by atoms with Crippen molar-refractivity contribution in [2.45, 2.75) is 25.0 Å². The third-order valence-electron chi connectivity index (χ3n) is 3.62. The number of halogens is 1. The first-order chi connectivity index (χ1) is 8.81. The molecule has 0 unspecified atom stereocenters. The molecule has 0 radical (unpaired) electrons. The van der Waals surface area contributed by atoms with Gasteiger partial charge < -0.3 is 9.47 Å². The topological polar surface area (TPSA) is 34.6 Å². The van der Waals surface area contributed by atoms with E-state index in [1.807, 2.05) is 12.1 Å². The lowest BCUT2D eigenvalue weighted by Crippen LogP contribution is -2.52. The summed E-state index contributed by atoms with van der Waals surface area (Å²) in [4.78, 5) is 6.69. The average molecular weight is 313 g/mol. The van der Waals surface area contributed by atoms with Crippen LogP contribution in [0.15, 0.2) is 22.9 Å². The minimum absolute atomic E-state index is 0.324. The van der Waals surface area contributed by atoms with Gasteiger partial charge in [-0.05, 0) is 40.9 Å².